The molecule has 0 unspecified atom stereocenters. The topological polar surface area (TPSA) is 149 Å². The van der Waals surface area contributed by atoms with Gasteiger partial charge in [-0.1, -0.05) is 139 Å². The zero-order valence-electron chi connectivity index (χ0n) is 34.5. The first kappa shape index (κ1) is 47.0. The number of ketones is 2. The predicted molar refractivity (Wildman–Crippen MR) is 223 cm³/mol. The first-order chi connectivity index (χ1) is 27.0. The minimum Gasteiger partial charge on any atom is -0.481 e. The largest absolute Gasteiger partial charge is 0.481 e. The van der Waals surface area contributed by atoms with Gasteiger partial charge in [-0.25, -0.2) is 0 Å². The van der Waals surface area contributed by atoms with E-state index in [0.29, 0.717) is 24.4 Å². The van der Waals surface area contributed by atoms with E-state index in [1.54, 1.807) is 0 Å². The smallest absolute Gasteiger partial charge is 0.303 e. The Bertz CT molecular complexity index is 1320. The maximum atomic E-state index is 12.4. The Labute approximate surface area is 336 Å². The molecular formula is C48H72O8. The van der Waals surface area contributed by atoms with Crippen molar-refractivity contribution in [3.8, 4) is 0 Å². The van der Waals surface area contributed by atoms with Crippen LogP contribution in [0.5, 0.6) is 0 Å². The van der Waals surface area contributed by atoms with E-state index in [4.69, 9.17) is 10.2 Å². The number of aliphatic carboxylic acids is 2. The second-order valence-electron chi connectivity index (χ2n) is 16.5. The Hall–Kier alpha value is -3.36. The molecule has 2 aromatic rings. The number of carboxylic acid groups (broad SMARTS) is 2. The lowest BCUT2D eigenvalue weighted by molar-refractivity contribution is -0.138. The number of unbranched alkanes of at least 4 members (excludes halogenated alkanes) is 10. The molecule has 2 aliphatic rings. The van der Waals surface area contributed by atoms with Gasteiger partial charge in [0.25, 0.3) is 0 Å². The summed E-state index contributed by atoms with van der Waals surface area (Å²) in [5.41, 5.74) is 4.37. The molecule has 8 nitrogen and oxygen atoms in total. The van der Waals surface area contributed by atoms with E-state index >= 15 is 0 Å². The monoisotopic (exact) mass is 777 g/mol. The second-order valence-corrected chi connectivity index (χ2v) is 16.5. The maximum absolute atomic E-state index is 12.4. The van der Waals surface area contributed by atoms with Crippen molar-refractivity contribution in [3.05, 3.63) is 70.8 Å². The molecular weight excluding hydrogens is 705 g/mol. The number of aliphatic hydroxyl groups excluding tert-OH is 2. The van der Waals surface area contributed by atoms with Gasteiger partial charge < -0.3 is 20.4 Å². The standard InChI is InChI=1S/2C24H36O4/c2*1-2-3-6-10-22(25)19-14-12-18(13-15-19)20-16-17-23(26)21(20)9-7-4-5-8-11-24(27)28/h2*12-15,20-22,25H,2-11,16-17H2,1H3,(H,27,28)/t20-,21-,22+;20-,21-,22-/m00/s1. The first-order valence-electron chi connectivity index (χ1n) is 22.1. The van der Waals surface area contributed by atoms with Gasteiger partial charge in [-0.2, -0.15) is 0 Å². The molecule has 312 valence electrons. The highest BCUT2D eigenvalue weighted by Gasteiger charge is 2.36. The van der Waals surface area contributed by atoms with Gasteiger partial charge in [-0.05, 0) is 85.5 Å². The van der Waals surface area contributed by atoms with Crippen LogP contribution < -0.4 is 0 Å². The number of aliphatic hydroxyl groups is 2. The summed E-state index contributed by atoms with van der Waals surface area (Å²) in [5.74, 6) is 0.0589. The molecule has 0 saturated heterocycles. The molecule has 6 atom stereocenters. The Morgan fingerprint density at radius 1 is 0.536 bits per heavy atom. The summed E-state index contributed by atoms with van der Waals surface area (Å²) in [4.78, 5) is 45.9. The molecule has 2 saturated carbocycles. The van der Waals surface area contributed by atoms with E-state index in [-0.39, 0.29) is 36.5 Å². The third-order valence-electron chi connectivity index (χ3n) is 12.2. The van der Waals surface area contributed by atoms with Gasteiger partial charge in [-0.15, -0.1) is 0 Å². The fraction of sp³-hybridized carbons (Fsp3) is 0.667. The number of carbonyl (C=O) groups is 4. The van der Waals surface area contributed by atoms with Crippen LogP contribution in [0.15, 0.2) is 48.5 Å². The molecule has 2 fully saturated rings. The van der Waals surface area contributed by atoms with Crippen LogP contribution in [0.2, 0.25) is 0 Å². The highest BCUT2D eigenvalue weighted by atomic mass is 16.4. The van der Waals surface area contributed by atoms with E-state index in [2.05, 4.69) is 38.1 Å². The predicted octanol–water partition coefficient (Wildman–Crippen LogP) is 11.6. The number of carbonyl (C=O) groups excluding carboxylic acids is 2. The van der Waals surface area contributed by atoms with Gasteiger partial charge in [0.1, 0.15) is 11.6 Å². The van der Waals surface area contributed by atoms with Crippen molar-refractivity contribution >= 4 is 23.5 Å². The third kappa shape index (κ3) is 16.6. The van der Waals surface area contributed by atoms with Crippen LogP contribution in [0.25, 0.3) is 0 Å². The van der Waals surface area contributed by atoms with E-state index in [0.717, 1.165) is 140 Å². The molecule has 2 aliphatic carbocycles. The fourth-order valence-corrected chi connectivity index (χ4v) is 8.77. The normalized spacial score (nSPS) is 20.4. The Morgan fingerprint density at radius 2 is 0.893 bits per heavy atom. The molecule has 0 amide bonds. The number of carboxylic acids is 2. The average Bonchev–Trinajstić information content (AvgIpc) is 3.75. The number of benzene rings is 2. The van der Waals surface area contributed by atoms with Gasteiger partial charge >= 0.3 is 11.9 Å². The number of hydrogen-bond acceptors (Lipinski definition) is 6. The van der Waals surface area contributed by atoms with Gasteiger partial charge in [0, 0.05) is 37.5 Å². The van der Waals surface area contributed by atoms with Gasteiger partial charge in [0.05, 0.1) is 12.2 Å². The molecule has 0 bridgehead atoms. The zero-order valence-corrected chi connectivity index (χ0v) is 34.5. The van der Waals surface area contributed by atoms with E-state index < -0.39 is 24.1 Å². The molecule has 0 heterocycles. The van der Waals surface area contributed by atoms with Crippen LogP contribution in [0.1, 0.15) is 214 Å². The Balaban J connectivity index is 0.000000300. The highest BCUT2D eigenvalue weighted by molar-refractivity contribution is 5.85. The minimum atomic E-state index is -0.732. The van der Waals surface area contributed by atoms with Crippen molar-refractivity contribution in [1.29, 1.82) is 0 Å². The quantitative estimate of drug-likeness (QED) is 0.0690. The molecule has 0 radical (unpaired) electrons. The molecule has 4 N–H and O–H groups in total. The lowest BCUT2D eigenvalue weighted by Crippen LogP contribution is -2.13. The summed E-state index contributed by atoms with van der Waals surface area (Å²) in [7, 11) is 0. The molecule has 56 heavy (non-hydrogen) atoms. The lowest BCUT2D eigenvalue weighted by atomic mass is 9.84. The van der Waals surface area contributed by atoms with E-state index in [9.17, 15) is 29.4 Å². The fourth-order valence-electron chi connectivity index (χ4n) is 8.77. The van der Waals surface area contributed by atoms with Crippen molar-refractivity contribution in [2.45, 2.75) is 192 Å². The van der Waals surface area contributed by atoms with Crippen molar-refractivity contribution in [3.63, 3.8) is 0 Å². The van der Waals surface area contributed by atoms with Crippen LogP contribution in [0.4, 0.5) is 0 Å². The highest BCUT2D eigenvalue weighted by Crippen LogP contribution is 2.42. The average molecular weight is 777 g/mol. The van der Waals surface area contributed by atoms with Crippen LogP contribution in [0.3, 0.4) is 0 Å². The second kappa shape index (κ2) is 26.5. The van der Waals surface area contributed by atoms with Crippen LogP contribution in [-0.4, -0.2) is 43.9 Å². The van der Waals surface area contributed by atoms with Gasteiger partial charge in [0.15, 0.2) is 0 Å². The lowest BCUT2D eigenvalue weighted by Gasteiger charge is -2.20. The maximum Gasteiger partial charge on any atom is 0.303 e. The van der Waals surface area contributed by atoms with Crippen molar-refractivity contribution < 1.29 is 39.6 Å². The summed E-state index contributed by atoms with van der Waals surface area (Å²) < 4.78 is 0. The minimum absolute atomic E-state index is 0.0970. The number of rotatable bonds is 26. The summed E-state index contributed by atoms with van der Waals surface area (Å²) in [6, 6.07) is 16.5. The summed E-state index contributed by atoms with van der Waals surface area (Å²) in [6.07, 6.45) is 20.2. The summed E-state index contributed by atoms with van der Waals surface area (Å²) in [5, 5.41) is 38.0. The molecule has 0 aliphatic heterocycles. The van der Waals surface area contributed by atoms with Crippen LogP contribution in [0, 0.1) is 11.8 Å². The third-order valence-corrected chi connectivity index (χ3v) is 12.2. The SMILES string of the molecule is CCCCC[C@@H](O)c1ccc([C@@H]2CCC(=O)[C@H]2CCCCCCC(=O)O)cc1.CCCCC[C@H](O)c1ccc([C@@H]2CCC(=O)[C@H]2CCCCCCC(=O)O)cc1. The molecule has 4 rings (SSSR count). The summed E-state index contributed by atoms with van der Waals surface area (Å²) in [6.45, 7) is 4.33. The molecule has 2 aromatic carbocycles. The Kier molecular flexibility index (Phi) is 22.3. The number of Topliss-reactive ketones (excluding diaryl/α,β-unsaturated/α-hetero) is 2. The van der Waals surface area contributed by atoms with E-state index in [1.807, 2.05) is 24.3 Å². The van der Waals surface area contributed by atoms with Crippen molar-refractivity contribution in [2.75, 3.05) is 0 Å². The Morgan fingerprint density at radius 3 is 1.23 bits per heavy atom. The van der Waals surface area contributed by atoms with Gasteiger partial charge in [-0.3, -0.25) is 19.2 Å². The molecule has 0 aromatic heterocycles. The van der Waals surface area contributed by atoms with E-state index in [1.165, 1.54) is 11.1 Å². The zero-order chi connectivity index (χ0) is 40.7. The first-order valence-corrected chi connectivity index (χ1v) is 22.1. The molecule has 8 heteroatoms. The van der Waals surface area contributed by atoms with Gasteiger partial charge in [0.2, 0.25) is 0 Å². The number of hydrogen-bond donors (Lipinski definition) is 4. The summed E-state index contributed by atoms with van der Waals surface area (Å²) >= 11 is 0. The van der Waals surface area contributed by atoms with Crippen LogP contribution >= 0.6 is 0 Å². The van der Waals surface area contributed by atoms with Crippen molar-refractivity contribution in [2.24, 2.45) is 11.8 Å². The van der Waals surface area contributed by atoms with Crippen molar-refractivity contribution in [1.82, 2.24) is 0 Å². The van der Waals surface area contributed by atoms with Crippen LogP contribution in [-0.2, 0) is 19.2 Å². The molecule has 0 spiro atoms.